The van der Waals surface area contributed by atoms with Crippen LogP contribution in [-0.4, -0.2) is 28.0 Å². The van der Waals surface area contributed by atoms with Gasteiger partial charge < -0.3 is 4.74 Å². The molecule has 0 saturated heterocycles. The monoisotopic (exact) mass is 423 g/mol. The van der Waals surface area contributed by atoms with E-state index in [2.05, 4.69) is 15.9 Å². The van der Waals surface area contributed by atoms with E-state index in [1.807, 2.05) is 12.1 Å². The lowest BCUT2D eigenvalue weighted by Gasteiger charge is -2.20. The Balaban J connectivity index is 1.96. The summed E-state index contributed by atoms with van der Waals surface area (Å²) in [5.74, 6) is -0.342. The Hall–Kier alpha value is -1.86. The molecule has 7 heteroatoms. The number of benzene rings is 2. The average molecular weight is 424 g/mol. The minimum atomic E-state index is -3.64. The highest BCUT2D eigenvalue weighted by molar-refractivity contribution is 9.10. The first-order valence-electron chi connectivity index (χ1n) is 7.87. The van der Waals surface area contributed by atoms with Crippen LogP contribution in [-0.2, 0) is 19.6 Å². The number of carbonyl (C=O) groups excluding carboxylic acids is 1. The van der Waals surface area contributed by atoms with Crippen LogP contribution in [0.1, 0.15) is 24.3 Å². The van der Waals surface area contributed by atoms with Crippen LogP contribution in [0.4, 0.5) is 5.69 Å². The minimum absolute atomic E-state index is 0.0508. The first-order valence-corrected chi connectivity index (χ1v) is 10.1. The number of fused-ring (bicyclic) bond motifs is 1. The fraction of sp³-hybridized carbons (Fsp3) is 0.278. The molecule has 0 aromatic heterocycles. The van der Waals surface area contributed by atoms with Crippen LogP contribution >= 0.6 is 15.9 Å². The maximum Gasteiger partial charge on any atom is 0.305 e. The van der Waals surface area contributed by atoms with Crippen molar-refractivity contribution in [1.29, 1.82) is 0 Å². The third-order valence-electron chi connectivity index (χ3n) is 4.34. The van der Waals surface area contributed by atoms with Gasteiger partial charge in [0.15, 0.2) is 0 Å². The van der Waals surface area contributed by atoms with E-state index in [4.69, 9.17) is 4.74 Å². The maximum absolute atomic E-state index is 13.0. The van der Waals surface area contributed by atoms with Gasteiger partial charge in [-0.05, 0) is 42.3 Å². The van der Waals surface area contributed by atoms with Crippen molar-refractivity contribution in [3.63, 3.8) is 0 Å². The highest BCUT2D eigenvalue weighted by Gasteiger charge is 2.36. The highest BCUT2D eigenvalue weighted by Crippen LogP contribution is 2.42. The minimum Gasteiger partial charge on any atom is -0.469 e. The normalized spacial score (nSPS) is 16.6. The smallest absolute Gasteiger partial charge is 0.305 e. The Morgan fingerprint density at radius 3 is 2.64 bits per heavy atom. The summed E-state index contributed by atoms with van der Waals surface area (Å²) in [6.45, 7) is 0.319. The Morgan fingerprint density at radius 2 is 1.96 bits per heavy atom. The first kappa shape index (κ1) is 17.9. The zero-order valence-electron chi connectivity index (χ0n) is 13.7. The lowest BCUT2D eigenvalue weighted by Crippen LogP contribution is -2.30. The number of carbonyl (C=O) groups is 1. The molecule has 1 aliphatic rings. The number of halogens is 1. The van der Waals surface area contributed by atoms with Gasteiger partial charge in [0.1, 0.15) is 0 Å². The summed E-state index contributed by atoms with van der Waals surface area (Å²) in [5, 5.41) is 0. The third-order valence-corrected chi connectivity index (χ3v) is 6.63. The van der Waals surface area contributed by atoms with Crippen molar-refractivity contribution in [2.45, 2.75) is 23.7 Å². The van der Waals surface area contributed by atoms with Crippen LogP contribution in [0.5, 0.6) is 0 Å². The highest BCUT2D eigenvalue weighted by atomic mass is 79.9. The molecule has 0 saturated carbocycles. The summed E-state index contributed by atoms with van der Waals surface area (Å²) in [5.41, 5.74) is 1.60. The van der Waals surface area contributed by atoms with Gasteiger partial charge in [-0.25, -0.2) is 8.42 Å². The molecule has 2 aromatic rings. The summed E-state index contributed by atoms with van der Waals surface area (Å²) in [7, 11) is -2.29. The Morgan fingerprint density at radius 1 is 1.24 bits per heavy atom. The summed E-state index contributed by atoms with van der Waals surface area (Å²) in [6.07, 6.45) is 0.795. The van der Waals surface area contributed by atoms with E-state index >= 15 is 0 Å². The molecule has 0 amide bonds. The molecule has 0 fully saturated rings. The molecule has 1 heterocycles. The number of hydrogen-bond acceptors (Lipinski definition) is 4. The average Bonchev–Trinajstić information content (AvgIpc) is 2.99. The van der Waals surface area contributed by atoms with Crippen molar-refractivity contribution in [1.82, 2.24) is 0 Å². The van der Waals surface area contributed by atoms with Crippen molar-refractivity contribution in [2.75, 3.05) is 18.0 Å². The fourth-order valence-corrected chi connectivity index (χ4v) is 5.00. The van der Waals surface area contributed by atoms with Crippen LogP contribution in [0, 0.1) is 0 Å². The molecule has 0 bridgehead atoms. The molecule has 0 N–H and O–H groups in total. The molecule has 25 heavy (non-hydrogen) atoms. The second kappa shape index (κ2) is 7.17. The summed E-state index contributed by atoms with van der Waals surface area (Å²) >= 11 is 3.44. The van der Waals surface area contributed by atoms with Crippen molar-refractivity contribution in [2.24, 2.45) is 0 Å². The lowest BCUT2D eigenvalue weighted by atomic mass is 9.96. The van der Waals surface area contributed by atoms with Crippen LogP contribution in [0.2, 0.25) is 0 Å². The SMILES string of the molecule is COC(=O)CCC1CN(S(=O)(=O)c2ccccc2)c2ccc(Br)cc21. The Kier molecular flexibility index (Phi) is 5.15. The second-order valence-corrected chi connectivity index (χ2v) is 8.64. The molecule has 3 rings (SSSR count). The molecule has 1 unspecified atom stereocenters. The number of esters is 1. The molecule has 132 valence electrons. The molecule has 0 radical (unpaired) electrons. The Bertz CT molecular complexity index is 883. The molecule has 0 aliphatic carbocycles. The van der Waals surface area contributed by atoms with E-state index in [9.17, 15) is 13.2 Å². The van der Waals surface area contributed by atoms with Crippen LogP contribution in [0.3, 0.4) is 0 Å². The number of hydrogen-bond donors (Lipinski definition) is 0. The lowest BCUT2D eigenvalue weighted by molar-refractivity contribution is -0.140. The molecule has 1 aliphatic heterocycles. The molecule has 2 aromatic carbocycles. The Labute approximate surface area is 155 Å². The number of sulfonamides is 1. The van der Waals surface area contributed by atoms with Crippen molar-refractivity contribution >= 4 is 37.6 Å². The van der Waals surface area contributed by atoms with Crippen molar-refractivity contribution < 1.29 is 17.9 Å². The van der Waals surface area contributed by atoms with Gasteiger partial charge in [-0.15, -0.1) is 0 Å². The van der Waals surface area contributed by atoms with Crippen LogP contribution in [0.25, 0.3) is 0 Å². The van der Waals surface area contributed by atoms with E-state index in [0.29, 0.717) is 18.7 Å². The molecule has 5 nitrogen and oxygen atoms in total. The van der Waals surface area contributed by atoms with E-state index in [-0.39, 0.29) is 23.2 Å². The summed E-state index contributed by atoms with van der Waals surface area (Å²) < 4.78 is 33.1. The summed E-state index contributed by atoms with van der Waals surface area (Å²) in [6, 6.07) is 13.9. The predicted molar refractivity (Wildman–Crippen MR) is 99.1 cm³/mol. The predicted octanol–water partition coefficient (Wildman–Crippen LogP) is 3.69. The third kappa shape index (κ3) is 3.57. The van der Waals surface area contributed by atoms with Crippen molar-refractivity contribution in [3.8, 4) is 0 Å². The zero-order valence-corrected chi connectivity index (χ0v) is 16.1. The van der Waals surface area contributed by atoms with Crippen LogP contribution < -0.4 is 4.31 Å². The topological polar surface area (TPSA) is 63.7 Å². The van der Waals surface area contributed by atoms with Crippen molar-refractivity contribution in [3.05, 3.63) is 58.6 Å². The fourth-order valence-electron chi connectivity index (χ4n) is 3.06. The van der Waals surface area contributed by atoms with Gasteiger partial charge in [0.2, 0.25) is 0 Å². The number of rotatable bonds is 5. The number of nitrogens with zero attached hydrogens (tertiary/aromatic N) is 1. The summed E-state index contributed by atoms with van der Waals surface area (Å²) in [4.78, 5) is 11.7. The zero-order chi connectivity index (χ0) is 18.0. The van der Waals surface area contributed by atoms with E-state index < -0.39 is 10.0 Å². The van der Waals surface area contributed by atoms with Gasteiger partial charge in [0.25, 0.3) is 10.0 Å². The molecule has 0 spiro atoms. The van der Waals surface area contributed by atoms with Gasteiger partial charge in [0, 0.05) is 23.4 Å². The quantitative estimate of drug-likeness (QED) is 0.687. The number of anilines is 1. The van der Waals surface area contributed by atoms with E-state index in [0.717, 1.165) is 10.0 Å². The van der Waals surface area contributed by atoms with E-state index in [1.54, 1.807) is 36.4 Å². The molecular weight excluding hydrogens is 406 g/mol. The van der Waals surface area contributed by atoms with Gasteiger partial charge in [-0.1, -0.05) is 34.1 Å². The van der Waals surface area contributed by atoms with Gasteiger partial charge in [-0.2, -0.15) is 0 Å². The van der Waals surface area contributed by atoms with Gasteiger partial charge >= 0.3 is 5.97 Å². The largest absolute Gasteiger partial charge is 0.469 e. The molecule has 1 atom stereocenters. The standard InChI is InChI=1S/C18H18BrNO4S/c1-24-18(21)10-7-13-12-20(17-9-8-14(19)11-16(13)17)25(22,23)15-5-3-2-4-6-15/h2-6,8-9,11,13H,7,10,12H2,1H3. The molecular formula is C18H18BrNO4S. The van der Waals surface area contributed by atoms with Gasteiger partial charge in [0.05, 0.1) is 17.7 Å². The number of methoxy groups -OCH3 is 1. The second-order valence-electron chi connectivity index (χ2n) is 5.86. The van der Waals surface area contributed by atoms with Crippen LogP contribution in [0.15, 0.2) is 57.9 Å². The first-order chi connectivity index (χ1) is 11.9. The number of ether oxygens (including phenoxy) is 1. The van der Waals surface area contributed by atoms with E-state index in [1.165, 1.54) is 11.4 Å². The van der Waals surface area contributed by atoms with Gasteiger partial charge in [-0.3, -0.25) is 9.10 Å². The maximum atomic E-state index is 13.0.